The van der Waals surface area contributed by atoms with E-state index in [1.165, 1.54) is 0 Å². The van der Waals surface area contributed by atoms with Gasteiger partial charge in [-0.25, -0.2) is 8.42 Å². The van der Waals surface area contributed by atoms with Crippen molar-refractivity contribution < 1.29 is 17.9 Å². The highest BCUT2D eigenvalue weighted by Crippen LogP contribution is 2.25. The summed E-state index contributed by atoms with van der Waals surface area (Å²) in [5, 5.41) is 3.07. The van der Waals surface area contributed by atoms with Gasteiger partial charge in [0.15, 0.2) is 0 Å². The number of nitrogens with one attached hydrogen (secondary N) is 2. The molecule has 0 aromatic heterocycles. The zero-order valence-corrected chi connectivity index (χ0v) is 17.8. The number of sulfonamides is 1. The third kappa shape index (κ3) is 6.27. The van der Waals surface area contributed by atoms with Crippen LogP contribution in [-0.4, -0.2) is 27.7 Å². The molecule has 0 aliphatic carbocycles. The van der Waals surface area contributed by atoms with Crippen molar-refractivity contribution in [3.05, 3.63) is 59.2 Å². The number of carbonyl (C=O) groups excluding carboxylic acids is 1. The quantitative estimate of drug-likeness (QED) is 0.699. The number of methoxy groups -OCH3 is 1. The van der Waals surface area contributed by atoms with E-state index in [1.807, 2.05) is 24.3 Å². The van der Waals surface area contributed by atoms with Gasteiger partial charge in [-0.05, 0) is 54.7 Å². The zero-order chi connectivity index (χ0) is 20.9. The van der Waals surface area contributed by atoms with Crippen molar-refractivity contribution in [2.45, 2.75) is 33.2 Å². The van der Waals surface area contributed by atoms with Gasteiger partial charge < -0.3 is 10.1 Å². The van der Waals surface area contributed by atoms with Crippen LogP contribution in [0.3, 0.4) is 0 Å². The summed E-state index contributed by atoms with van der Waals surface area (Å²) in [5.41, 5.74) is 2.54. The summed E-state index contributed by atoms with van der Waals surface area (Å²) in [5.74, 6) is 0.888. The Balaban J connectivity index is 2.26. The molecule has 2 rings (SSSR count). The van der Waals surface area contributed by atoms with Gasteiger partial charge in [0.25, 0.3) is 5.91 Å². The fraction of sp³-hybridized carbons (Fsp3) is 0.381. The van der Waals surface area contributed by atoms with Crippen LogP contribution in [0, 0.1) is 12.8 Å². The van der Waals surface area contributed by atoms with Crippen LogP contribution in [-0.2, 0) is 10.0 Å². The summed E-state index contributed by atoms with van der Waals surface area (Å²) >= 11 is 0. The second-order valence-corrected chi connectivity index (χ2v) is 9.08. The predicted molar refractivity (Wildman–Crippen MR) is 112 cm³/mol. The number of rotatable bonds is 8. The Bertz CT molecular complexity index is 922. The molecule has 1 atom stereocenters. The van der Waals surface area contributed by atoms with Crippen molar-refractivity contribution in [2.75, 3.05) is 18.1 Å². The van der Waals surface area contributed by atoms with Gasteiger partial charge in [-0.3, -0.25) is 9.52 Å². The predicted octanol–water partition coefficient (Wildman–Crippen LogP) is 3.89. The normalized spacial score (nSPS) is 12.5. The molecule has 1 unspecified atom stereocenters. The van der Waals surface area contributed by atoms with Gasteiger partial charge in [0.1, 0.15) is 5.75 Å². The molecule has 2 N–H and O–H groups in total. The number of carbonyl (C=O) groups is 1. The Morgan fingerprint density at radius 2 is 1.75 bits per heavy atom. The van der Waals surface area contributed by atoms with Gasteiger partial charge in [0.05, 0.1) is 25.1 Å². The number of hydrogen-bond acceptors (Lipinski definition) is 4. The van der Waals surface area contributed by atoms with Crippen LogP contribution in [0.15, 0.2) is 42.5 Å². The Morgan fingerprint density at radius 1 is 1.11 bits per heavy atom. The van der Waals surface area contributed by atoms with E-state index in [9.17, 15) is 13.2 Å². The van der Waals surface area contributed by atoms with E-state index < -0.39 is 10.0 Å². The molecule has 0 spiro atoms. The second kappa shape index (κ2) is 9.10. The Kier molecular flexibility index (Phi) is 7.07. The number of benzene rings is 2. The van der Waals surface area contributed by atoms with Crippen molar-refractivity contribution in [1.82, 2.24) is 5.32 Å². The van der Waals surface area contributed by atoms with E-state index in [-0.39, 0.29) is 11.9 Å². The first-order valence-corrected chi connectivity index (χ1v) is 11.0. The van der Waals surface area contributed by atoms with Gasteiger partial charge in [-0.15, -0.1) is 0 Å². The minimum Gasteiger partial charge on any atom is -0.497 e. The van der Waals surface area contributed by atoms with Crippen molar-refractivity contribution in [3.63, 3.8) is 0 Å². The molecule has 0 aliphatic heterocycles. The van der Waals surface area contributed by atoms with Gasteiger partial charge in [0, 0.05) is 5.56 Å². The monoisotopic (exact) mass is 404 g/mol. The van der Waals surface area contributed by atoms with Gasteiger partial charge in [0.2, 0.25) is 10.0 Å². The molecule has 0 bridgehead atoms. The molecule has 0 fully saturated rings. The molecule has 2 aromatic rings. The third-order valence-electron chi connectivity index (χ3n) is 4.33. The van der Waals surface area contributed by atoms with E-state index in [2.05, 4.69) is 23.9 Å². The van der Waals surface area contributed by atoms with Crippen molar-refractivity contribution in [1.29, 1.82) is 0 Å². The lowest BCUT2D eigenvalue weighted by Gasteiger charge is -2.22. The summed E-state index contributed by atoms with van der Waals surface area (Å²) in [6.07, 6.45) is 1.86. The van der Waals surface area contributed by atoms with Crippen LogP contribution < -0.4 is 14.8 Å². The zero-order valence-electron chi connectivity index (χ0n) is 16.9. The Morgan fingerprint density at radius 3 is 2.29 bits per heavy atom. The lowest BCUT2D eigenvalue weighted by molar-refractivity contribution is 0.0932. The van der Waals surface area contributed by atoms with Crippen LogP contribution in [0.4, 0.5) is 5.69 Å². The molecular weight excluding hydrogens is 376 g/mol. The van der Waals surface area contributed by atoms with Crippen molar-refractivity contribution >= 4 is 21.6 Å². The molecular formula is C21H28N2O4S. The maximum absolute atomic E-state index is 12.8. The van der Waals surface area contributed by atoms with E-state index >= 15 is 0 Å². The van der Waals surface area contributed by atoms with Gasteiger partial charge in [-0.2, -0.15) is 0 Å². The SMILES string of the molecule is COc1ccc(C(CC(C)C)NC(=O)c2ccc(C)c(NS(C)(=O)=O)c2)cc1. The minimum atomic E-state index is -3.42. The van der Waals surface area contributed by atoms with Crippen molar-refractivity contribution in [3.8, 4) is 5.75 Å². The first kappa shape index (κ1) is 21.8. The molecule has 6 nitrogen and oxygen atoms in total. The Hall–Kier alpha value is -2.54. The molecule has 152 valence electrons. The Labute approximate surface area is 167 Å². The lowest BCUT2D eigenvalue weighted by atomic mass is 9.96. The van der Waals surface area contributed by atoms with E-state index in [4.69, 9.17) is 4.74 Å². The average molecular weight is 405 g/mol. The standard InChI is InChI=1S/C21H28N2O4S/c1-14(2)12-20(16-8-10-18(27-4)11-9-16)22-21(24)17-7-6-15(3)19(13-17)23-28(5,25)26/h6-11,13-14,20,23H,12H2,1-5H3,(H,22,24). The minimum absolute atomic E-state index is 0.161. The molecule has 7 heteroatoms. The van der Waals surface area contributed by atoms with Crippen molar-refractivity contribution in [2.24, 2.45) is 5.92 Å². The number of amides is 1. The van der Waals surface area contributed by atoms with E-state index in [1.54, 1.807) is 32.2 Å². The molecule has 2 aromatic carbocycles. The molecule has 0 saturated carbocycles. The third-order valence-corrected chi connectivity index (χ3v) is 4.92. The molecule has 0 heterocycles. The van der Waals surface area contributed by atoms with Crippen LogP contribution >= 0.6 is 0 Å². The van der Waals surface area contributed by atoms with Crippen LogP contribution in [0.2, 0.25) is 0 Å². The molecule has 28 heavy (non-hydrogen) atoms. The van der Waals surface area contributed by atoms with E-state index in [0.717, 1.165) is 29.6 Å². The van der Waals surface area contributed by atoms with E-state index in [0.29, 0.717) is 17.2 Å². The van der Waals surface area contributed by atoms with Crippen LogP contribution in [0.1, 0.15) is 47.8 Å². The molecule has 1 amide bonds. The number of hydrogen-bond donors (Lipinski definition) is 2. The first-order chi connectivity index (χ1) is 13.1. The maximum Gasteiger partial charge on any atom is 0.251 e. The van der Waals surface area contributed by atoms with Gasteiger partial charge in [-0.1, -0.05) is 32.0 Å². The molecule has 0 radical (unpaired) electrons. The topological polar surface area (TPSA) is 84.5 Å². The summed E-state index contributed by atoms with van der Waals surface area (Å²) in [7, 11) is -1.81. The van der Waals surface area contributed by atoms with Crippen LogP contribution in [0.5, 0.6) is 5.75 Å². The largest absolute Gasteiger partial charge is 0.497 e. The first-order valence-electron chi connectivity index (χ1n) is 9.12. The summed E-state index contributed by atoms with van der Waals surface area (Å²) in [6, 6.07) is 12.4. The molecule has 0 aliphatic rings. The number of anilines is 1. The fourth-order valence-corrected chi connectivity index (χ4v) is 3.52. The summed E-state index contributed by atoms with van der Waals surface area (Å²) in [4.78, 5) is 12.8. The summed E-state index contributed by atoms with van der Waals surface area (Å²) in [6.45, 7) is 5.99. The maximum atomic E-state index is 12.8. The highest BCUT2D eigenvalue weighted by molar-refractivity contribution is 7.92. The second-order valence-electron chi connectivity index (χ2n) is 7.33. The van der Waals surface area contributed by atoms with Gasteiger partial charge >= 0.3 is 0 Å². The summed E-state index contributed by atoms with van der Waals surface area (Å²) < 4.78 is 30.8. The highest BCUT2D eigenvalue weighted by Gasteiger charge is 2.18. The number of aryl methyl sites for hydroxylation is 1. The molecule has 0 saturated heterocycles. The lowest BCUT2D eigenvalue weighted by Crippen LogP contribution is -2.29. The smallest absolute Gasteiger partial charge is 0.251 e. The highest BCUT2D eigenvalue weighted by atomic mass is 32.2. The van der Waals surface area contributed by atoms with Crippen LogP contribution in [0.25, 0.3) is 0 Å². The average Bonchev–Trinajstić information content (AvgIpc) is 2.61. The fourth-order valence-electron chi connectivity index (χ4n) is 2.90. The number of ether oxygens (including phenoxy) is 1.